The Morgan fingerprint density at radius 1 is 1.05 bits per heavy atom. The van der Waals surface area contributed by atoms with E-state index >= 15 is 0 Å². The predicted octanol–water partition coefficient (Wildman–Crippen LogP) is 5.36. The second-order valence-electron chi connectivity index (χ2n) is 4.51. The van der Waals surface area contributed by atoms with Crippen LogP contribution in [-0.4, -0.2) is 5.51 Å². The number of halogens is 4. The molecule has 1 nitrogen and oxygen atoms in total. The Morgan fingerprint density at radius 3 is 2.29 bits per heavy atom. The third-order valence-electron chi connectivity index (χ3n) is 2.83. The van der Waals surface area contributed by atoms with E-state index in [1.807, 2.05) is 0 Å². The van der Waals surface area contributed by atoms with Crippen LogP contribution in [0.25, 0.3) is 0 Å². The summed E-state index contributed by atoms with van der Waals surface area (Å²) in [5.41, 5.74) is -2.26. The van der Waals surface area contributed by atoms with Gasteiger partial charge >= 0.3 is 5.51 Å². The van der Waals surface area contributed by atoms with Crippen molar-refractivity contribution in [2.75, 3.05) is 5.32 Å². The Kier molecular flexibility index (Phi) is 4.77. The van der Waals surface area contributed by atoms with E-state index in [1.165, 1.54) is 18.2 Å². The number of hydrogen-bond acceptors (Lipinski definition) is 2. The lowest BCUT2D eigenvalue weighted by molar-refractivity contribution is -0.0328. The normalized spacial score (nSPS) is 11.5. The topological polar surface area (TPSA) is 12.0 Å². The SMILES string of the molecule is Cc1ccc(NCc2ccc(SC(F)(F)F)cc2)cc1F. The van der Waals surface area contributed by atoms with Crippen LogP contribution >= 0.6 is 11.8 Å². The molecule has 0 heterocycles. The minimum Gasteiger partial charge on any atom is -0.381 e. The molecular weight excluding hydrogens is 302 g/mol. The molecule has 2 rings (SSSR count). The number of hydrogen-bond donors (Lipinski definition) is 1. The monoisotopic (exact) mass is 315 g/mol. The lowest BCUT2D eigenvalue weighted by atomic mass is 10.2. The van der Waals surface area contributed by atoms with Crippen LogP contribution in [0.5, 0.6) is 0 Å². The van der Waals surface area contributed by atoms with Gasteiger partial charge in [-0.15, -0.1) is 0 Å². The molecule has 0 amide bonds. The molecule has 0 aliphatic rings. The predicted molar refractivity (Wildman–Crippen MR) is 76.8 cm³/mol. The average molecular weight is 315 g/mol. The smallest absolute Gasteiger partial charge is 0.381 e. The van der Waals surface area contributed by atoms with E-state index < -0.39 is 5.51 Å². The number of aryl methyl sites for hydroxylation is 1. The number of benzene rings is 2. The van der Waals surface area contributed by atoms with Crippen molar-refractivity contribution >= 4 is 17.4 Å². The Labute approximate surface area is 124 Å². The molecule has 21 heavy (non-hydrogen) atoms. The first-order chi connectivity index (χ1) is 9.83. The molecular formula is C15H13F4NS. The van der Waals surface area contributed by atoms with Gasteiger partial charge < -0.3 is 5.32 Å². The summed E-state index contributed by atoms with van der Waals surface area (Å²) in [6, 6.07) is 10.9. The zero-order chi connectivity index (χ0) is 15.5. The molecule has 0 atom stereocenters. The summed E-state index contributed by atoms with van der Waals surface area (Å²) >= 11 is -0.143. The third-order valence-corrected chi connectivity index (χ3v) is 3.56. The summed E-state index contributed by atoms with van der Waals surface area (Å²) in [5, 5.41) is 3.03. The van der Waals surface area contributed by atoms with Gasteiger partial charge in [-0.1, -0.05) is 18.2 Å². The molecule has 112 valence electrons. The number of thioether (sulfide) groups is 1. The highest BCUT2D eigenvalue weighted by atomic mass is 32.2. The van der Waals surface area contributed by atoms with Gasteiger partial charge in [0.25, 0.3) is 0 Å². The summed E-state index contributed by atoms with van der Waals surface area (Å²) in [4.78, 5) is 0.146. The molecule has 1 N–H and O–H groups in total. The van der Waals surface area contributed by atoms with Gasteiger partial charge in [0.2, 0.25) is 0 Å². The summed E-state index contributed by atoms with van der Waals surface area (Å²) in [6.45, 7) is 2.09. The molecule has 6 heteroatoms. The van der Waals surface area contributed by atoms with Crippen LogP contribution in [0, 0.1) is 12.7 Å². The number of rotatable bonds is 4. The lowest BCUT2D eigenvalue weighted by Gasteiger charge is -2.09. The van der Waals surface area contributed by atoms with E-state index in [2.05, 4.69) is 5.32 Å². The highest BCUT2D eigenvalue weighted by Crippen LogP contribution is 2.36. The van der Waals surface area contributed by atoms with Gasteiger partial charge in [-0.05, 0) is 54.1 Å². The van der Waals surface area contributed by atoms with Gasteiger partial charge in [0.15, 0.2) is 0 Å². The fraction of sp³-hybridized carbons (Fsp3) is 0.200. The summed E-state index contributed by atoms with van der Waals surface area (Å²) in [5.74, 6) is -0.295. The maximum atomic E-state index is 13.4. The van der Waals surface area contributed by atoms with Crippen LogP contribution in [-0.2, 0) is 6.54 Å². The molecule has 0 radical (unpaired) electrons. The zero-order valence-electron chi connectivity index (χ0n) is 11.2. The number of alkyl halides is 3. The minimum absolute atomic E-state index is 0.143. The Morgan fingerprint density at radius 2 is 1.71 bits per heavy atom. The fourth-order valence-corrected chi connectivity index (χ4v) is 2.26. The van der Waals surface area contributed by atoms with Crippen molar-refractivity contribution < 1.29 is 17.6 Å². The highest BCUT2D eigenvalue weighted by molar-refractivity contribution is 8.00. The van der Waals surface area contributed by atoms with Crippen LogP contribution in [0.15, 0.2) is 47.4 Å². The van der Waals surface area contributed by atoms with Crippen molar-refractivity contribution in [2.45, 2.75) is 23.9 Å². The fourth-order valence-electron chi connectivity index (χ4n) is 1.72. The first kappa shape index (κ1) is 15.7. The minimum atomic E-state index is -4.28. The van der Waals surface area contributed by atoms with E-state index in [9.17, 15) is 17.6 Å². The molecule has 2 aromatic carbocycles. The van der Waals surface area contributed by atoms with E-state index in [0.29, 0.717) is 17.8 Å². The van der Waals surface area contributed by atoms with Crippen molar-refractivity contribution in [3.05, 3.63) is 59.4 Å². The van der Waals surface area contributed by atoms with Crippen LogP contribution in [0.4, 0.5) is 23.2 Å². The van der Waals surface area contributed by atoms with Gasteiger partial charge in [0.1, 0.15) is 5.82 Å². The van der Waals surface area contributed by atoms with Gasteiger partial charge in [0.05, 0.1) is 0 Å². The van der Waals surface area contributed by atoms with E-state index in [1.54, 1.807) is 31.2 Å². The van der Waals surface area contributed by atoms with Crippen LogP contribution < -0.4 is 5.32 Å². The number of anilines is 1. The Bertz CT molecular complexity index is 608. The van der Waals surface area contributed by atoms with Crippen LogP contribution in [0.2, 0.25) is 0 Å². The van der Waals surface area contributed by atoms with Gasteiger partial charge in [0, 0.05) is 17.1 Å². The zero-order valence-corrected chi connectivity index (χ0v) is 12.0. The molecule has 0 fully saturated rings. The highest BCUT2D eigenvalue weighted by Gasteiger charge is 2.28. The lowest BCUT2D eigenvalue weighted by Crippen LogP contribution is -2.01. The molecule has 0 saturated heterocycles. The van der Waals surface area contributed by atoms with Crippen molar-refractivity contribution in [3.8, 4) is 0 Å². The maximum Gasteiger partial charge on any atom is 0.446 e. The second kappa shape index (κ2) is 6.39. The molecule has 0 bridgehead atoms. The standard InChI is InChI=1S/C15H13F4NS/c1-10-2-5-12(8-14(10)16)20-9-11-3-6-13(7-4-11)21-15(17,18)19/h2-8,20H,9H2,1H3. The summed E-state index contributed by atoms with van der Waals surface area (Å²) in [7, 11) is 0. The van der Waals surface area contributed by atoms with Crippen molar-refractivity contribution in [1.82, 2.24) is 0 Å². The maximum absolute atomic E-state index is 13.4. The van der Waals surface area contributed by atoms with E-state index in [4.69, 9.17) is 0 Å². The number of nitrogens with one attached hydrogen (secondary N) is 1. The third kappa shape index (κ3) is 4.97. The molecule has 0 unspecified atom stereocenters. The molecule has 0 aliphatic heterocycles. The molecule has 2 aromatic rings. The largest absolute Gasteiger partial charge is 0.446 e. The second-order valence-corrected chi connectivity index (χ2v) is 5.65. The summed E-state index contributed by atoms with van der Waals surface area (Å²) in [6.07, 6.45) is 0. The van der Waals surface area contributed by atoms with E-state index in [0.717, 1.165) is 5.56 Å². The van der Waals surface area contributed by atoms with Crippen LogP contribution in [0.1, 0.15) is 11.1 Å². The average Bonchev–Trinajstić information content (AvgIpc) is 2.40. The van der Waals surface area contributed by atoms with Crippen molar-refractivity contribution in [2.24, 2.45) is 0 Å². The first-order valence-electron chi connectivity index (χ1n) is 6.18. The molecule has 0 aliphatic carbocycles. The quantitative estimate of drug-likeness (QED) is 0.602. The Hall–Kier alpha value is -1.69. The molecule has 0 aromatic heterocycles. The molecule has 0 spiro atoms. The van der Waals surface area contributed by atoms with E-state index in [-0.39, 0.29) is 22.5 Å². The summed E-state index contributed by atoms with van der Waals surface area (Å²) < 4.78 is 50.0. The van der Waals surface area contributed by atoms with Crippen LogP contribution in [0.3, 0.4) is 0 Å². The first-order valence-corrected chi connectivity index (χ1v) is 7.00. The molecule has 0 saturated carbocycles. The van der Waals surface area contributed by atoms with Crippen molar-refractivity contribution in [3.63, 3.8) is 0 Å². The van der Waals surface area contributed by atoms with Gasteiger partial charge in [-0.2, -0.15) is 13.2 Å². The Balaban J connectivity index is 1.96. The van der Waals surface area contributed by atoms with Gasteiger partial charge in [-0.25, -0.2) is 4.39 Å². The van der Waals surface area contributed by atoms with Gasteiger partial charge in [-0.3, -0.25) is 0 Å². The van der Waals surface area contributed by atoms with Crippen molar-refractivity contribution in [1.29, 1.82) is 0 Å².